The van der Waals surface area contributed by atoms with Crippen LogP contribution in [0.15, 0.2) is 24.3 Å². The van der Waals surface area contributed by atoms with Crippen LogP contribution in [0, 0.1) is 6.92 Å². The zero-order valence-electron chi connectivity index (χ0n) is 12.3. The van der Waals surface area contributed by atoms with E-state index in [2.05, 4.69) is 16.0 Å². The molecule has 0 aromatic heterocycles. The third-order valence-electron chi connectivity index (χ3n) is 2.81. The molecule has 1 aromatic carbocycles. The molecule has 0 spiro atoms. The van der Waals surface area contributed by atoms with Crippen molar-refractivity contribution in [3.63, 3.8) is 0 Å². The van der Waals surface area contributed by atoms with Gasteiger partial charge in [0, 0.05) is 25.2 Å². The molecule has 0 aliphatic carbocycles. The summed E-state index contributed by atoms with van der Waals surface area (Å²) in [6.07, 6.45) is -1.24. The zero-order valence-corrected chi connectivity index (χ0v) is 12.3. The molecule has 0 bridgehead atoms. The van der Waals surface area contributed by atoms with Crippen molar-refractivity contribution < 1.29 is 19.5 Å². The highest BCUT2D eigenvalue weighted by molar-refractivity contribution is 5.97. The molecule has 22 heavy (non-hydrogen) atoms. The number of carbonyl (C=O) groups excluding carboxylic acids is 2. The van der Waals surface area contributed by atoms with Crippen molar-refractivity contribution in [3.8, 4) is 0 Å². The van der Waals surface area contributed by atoms with Crippen LogP contribution in [0.3, 0.4) is 0 Å². The first-order valence-electron chi connectivity index (χ1n) is 6.76. The molecule has 0 unspecified atom stereocenters. The Morgan fingerprint density at radius 2 is 1.86 bits per heavy atom. The van der Waals surface area contributed by atoms with Crippen molar-refractivity contribution in [3.05, 3.63) is 29.8 Å². The Labute approximate surface area is 128 Å². The Morgan fingerprint density at radius 3 is 2.41 bits per heavy atom. The Hall–Kier alpha value is -2.61. The summed E-state index contributed by atoms with van der Waals surface area (Å²) >= 11 is 0. The maximum absolute atomic E-state index is 12.1. The van der Waals surface area contributed by atoms with E-state index in [1.165, 1.54) is 0 Å². The summed E-state index contributed by atoms with van der Waals surface area (Å²) in [6.45, 7) is 1.94. The summed E-state index contributed by atoms with van der Waals surface area (Å²) in [4.78, 5) is 34.2. The molecule has 1 rings (SSSR count). The summed E-state index contributed by atoms with van der Waals surface area (Å²) in [5.41, 5.74) is 6.82. The van der Waals surface area contributed by atoms with Gasteiger partial charge in [0.2, 0.25) is 11.8 Å². The highest BCUT2D eigenvalue weighted by Gasteiger charge is 2.21. The molecule has 0 radical (unpaired) electrons. The van der Waals surface area contributed by atoms with Gasteiger partial charge in [0.25, 0.3) is 0 Å². The Bertz CT molecular complexity index is 530. The normalized spacial score (nSPS) is 11.4. The van der Waals surface area contributed by atoms with Gasteiger partial charge in [-0.3, -0.25) is 9.59 Å². The molecule has 0 saturated carbocycles. The van der Waals surface area contributed by atoms with Crippen LogP contribution < -0.4 is 21.7 Å². The summed E-state index contributed by atoms with van der Waals surface area (Å²) in [5.74, 6) is -0.901. The van der Waals surface area contributed by atoms with E-state index in [1.807, 2.05) is 19.1 Å². The van der Waals surface area contributed by atoms with Crippen LogP contribution in [0.5, 0.6) is 0 Å². The topological polar surface area (TPSA) is 134 Å². The molecule has 3 amide bonds. The molecular weight excluding hydrogens is 288 g/mol. The molecule has 6 N–H and O–H groups in total. The van der Waals surface area contributed by atoms with Gasteiger partial charge in [-0.1, -0.05) is 17.7 Å². The number of nitrogens with one attached hydrogen (secondary N) is 3. The molecule has 8 heteroatoms. The second kappa shape index (κ2) is 8.63. The molecule has 1 aromatic rings. The second-order valence-electron chi connectivity index (χ2n) is 4.70. The van der Waals surface area contributed by atoms with Gasteiger partial charge in [0.05, 0.1) is 0 Å². The first kappa shape index (κ1) is 17.4. The van der Waals surface area contributed by atoms with Crippen molar-refractivity contribution in [2.45, 2.75) is 19.4 Å². The Balaban J connectivity index is 2.65. The molecule has 0 aliphatic rings. The van der Waals surface area contributed by atoms with Gasteiger partial charge in [-0.25, -0.2) is 4.79 Å². The number of hydrogen-bond donors (Lipinski definition) is 5. The van der Waals surface area contributed by atoms with E-state index in [1.54, 1.807) is 12.1 Å². The minimum Gasteiger partial charge on any atom is -0.465 e. The molecular formula is C14H20N4O4. The average molecular weight is 308 g/mol. The second-order valence-corrected chi connectivity index (χ2v) is 4.70. The fourth-order valence-corrected chi connectivity index (χ4v) is 1.66. The lowest BCUT2D eigenvalue weighted by Crippen LogP contribution is -2.50. The molecule has 120 valence electrons. The first-order chi connectivity index (χ1) is 10.4. The molecule has 0 saturated heterocycles. The Kier molecular flexibility index (Phi) is 6.84. The van der Waals surface area contributed by atoms with E-state index in [4.69, 9.17) is 10.8 Å². The fourth-order valence-electron chi connectivity index (χ4n) is 1.66. The maximum Gasteiger partial charge on any atom is 0.405 e. The number of carbonyl (C=O) groups is 3. The summed E-state index contributed by atoms with van der Waals surface area (Å²) < 4.78 is 0. The number of amides is 3. The van der Waals surface area contributed by atoms with Crippen LogP contribution in [0.1, 0.15) is 12.0 Å². The van der Waals surface area contributed by atoms with Crippen LogP contribution in [0.25, 0.3) is 0 Å². The average Bonchev–Trinajstić information content (AvgIpc) is 2.45. The van der Waals surface area contributed by atoms with Gasteiger partial charge in [-0.05, 0) is 19.1 Å². The lowest BCUT2D eigenvalue weighted by molar-refractivity contribution is -0.121. The number of benzene rings is 1. The first-order valence-corrected chi connectivity index (χ1v) is 6.76. The number of aryl methyl sites for hydroxylation is 1. The minimum absolute atomic E-state index is 0.110. The van der Waals surface area contributed by atoms with Crippen LogP contribution in [-0.4, -0.2) is 42.1 Å². The van der Waals surface area contributed by atoms with Gasteiger partial charge in [-0.15, -0.1) is 0 Å². The number of nitrogens with two attached hydrogens (primary N) is 1. The third-order valence-corrected chi connectivity index (χ3v) is 2.81. The molecule has 0 aliphatic heterocycles. The minimum atomic E-state index is -1.35. The van der Waals surface area contributed by atoms with Crippen molar-refractivity contribution >= 4 is 23.6 Å². The SMILES string of the molecule is Cc1ccc(NC(=O)[C@H](CNC(=O)CCN)NC(=O)O)cc1. The zero-order chi connectivity index (χ0) is 16.5. The number of carboxylic acid groups (broad SMARTS) is 1. The van der Waals surface area contributed by atoms with Gasteiger partial charge in [0.1, 0.15) is 6.04 Å². The summed E-state index contributed by atoms with van der Waals surface area (Å²) in [5, 5.41) is 15.9. The van der Waals surface area contributed by atoms with Crippen LogP contribution in [0.4, 0.5) is 10.5 Å². The highest BCUT2D eigenvalue weighted by atomic mass is 16.4. The largest absolute Gasteiger partial charge is 0.465 e. The van der Waals surface area contributed by atoms with E-state index in [9.17, 15) is 14.4 Å². The monoisotopic (exact) mass is 308 g/mol. The number of hydrogen-bond acceptors (Lipinski definition) is 4. The van der Waals surface area contributed by atoms with Crippen LogP contribution >= 0.6 is 0 Å². The van der Waals surface area contributed by atoms with Crippen molar-refractivity contribution in [2.24, 2.45) is 5.73 Å². The van der Waals surface area contributed by atoms with Crippen molar-refractivity contribution in [2.75, 3.05) is 18.4 Å². The highest BCUT2D eigenvalue weighted by Crippen LogP contribution is 2.08. The number of rotatable bonds is 7. The van der Waals surface area contributed by atoms with Crippen LogP contribution in [0.2, 0.25) is 0 Å². The fraction of sp³-hybridized carbons (Fsp3) is 0.357. The van der Waals surface area contributed by atoms with Gasteiger partial charge in [-0.2, -0.15) is 0 Å². The van der Waals surface area contributed by atoms with E-state index >= 15 is 0 Å². The van der Waals surface area contributed by atoms with Gasteiger partial charge in [0.15, 0.2) is 0 Å². The Morgan fingerprint density at radius 1 is 1.23 bits per heavy atom. The predicted octanol–water partition coefficient (Wildman–Crippen LogP) is 0.0347. The molecule has 0 fully saturated rings. The molecule has 8 nitrogen and oxygen atoms in total. The predicted molar refractivity (Wildman–Crippen MR) is 81.4 cm³/mol. The summed E-state index contributed by atoms with van der Waals surface area (Å²) in [7, 11) is 0. The standard InChI is InChI=1S/C14H20N4O4/c1-9-2-4-10(5-3-9)17-13(20)11(18-14(21)22)8-16-12(19)6-7-15/h2-5,11,18H,6-8,15H2,1H3,(H,16,19)(H,17,20)(H,21,22)/t11-/m0/s1. The summed E-state index contributed by atoms with van der Waals surface area (Å²) in [6, 6.07) is 5.95. The van der Waals surface area contributed by atoms with Crippen molar-refractivity contribution in [1.29, 1.82) is 0 Å². The van der Waals surface area contributed by atoms with Crippen molar-refractivity contribution in [1.82, 2.24) is 10.6 Å². The van der Waals surface area contributed by atoms with Gasteiger partial charge >= 0.3 is 6.09 Å². The van der Waals surface area contributed by atoms with E-state index < -0.39 is 18.0 Å². The molecule has 0 heterocycles. The van der Waals surface area contributed by atoms with Gasteiger partial charge < -0.3 is 26.8 Å². The third kappa shape index (κ3) is 6.23. The lowest BCUT2D eigenvalue weighted by Gasteiger charge is -2.17. The van der Waals surface area contributed by atoms with E-state index in [0.717, 1.165) is 5.56 Å². The smallest absolute Gasteiger partial charge is 0.405 e. The maximum atomic E-state index is 12.1. The lowest BCUT2D eigenvalue weighted by atomic mass is 10.2. The quantitative estimate of drug-likeness (QED) is 0.485. The van der Waals surface area contributed by atoms with E-state index in [-0.39, 0.29) is 25.4 Å². The van der Waals surface area contributed by atoms with E-state index in [0.29, 0.717) is 5.69 Å². The molecule has 1 atom stereocenters. The van der Waals surface area contributed by atoms with Crippen LogP contribution in [-0.2, 0) is 9.59 Å². The number of anilines is 1.